The van der Waals surface area contributed by atoms with Gasteiger partial charge in [0.2, 0.25) is 0 Å². The fraction of sp³-hybridized carbons (Fsp3) is 0.143. The average molecular weight is 146 g/mol. The summed E-state index contributed by atoms with van der Waals surface area (Å²) < 4.78 is 5.21. The Bertz CT molecular complexity index is 290. The topological polar surface area (TPSA) is 38.5 Å². The maximum absolute atomic E-state index is 5.57. The molecule has 1 aromatic carbocycles. The van der Waals surface area contributed by atoms with Crippen molar-refractivity contribution in [2.24, 2.45) is 5.84 Å². The number of hydrogen-bond donors (Lipinski definition) is 1. The van der Waals surface area contributed by atoms with Crippen LogP contribution in [0.25, 0.3) is 0 Å². The lowest BCUT2D eigenvalue weighted by molar-refractivity contribution is 0.348. The van der Waals surface area contributed by atoms with Crippen LogP contribution in [-0.4, -0.2) is 14.6 Å². The monoisotopic (exact) mass is 146 g/mol. The summed E-state index contributed by atoms with van der Waals surface area (Å²) in [5.41, 5.74) is 1.55. The molecule has 0 saturated heterocycles. The SMILES string of the molecule is [B]c1ccc2c(c1)N(N)CO2. The predicted molar refractivity (Wildman–Crippen MR) is 44.0 cm³/mol. The Morgan fingerprint density at radius 1 is 1.55 bits per heavy atom. The molecule has 2 radical (unpaired) electrons. The molecule has 0 spiro atoms. The van der Waals surface area contributed by atoms with E-state index >= 15 is 0 Å². The van der Waals surface area contributed by atoms with Crippen LogP contribution < -0.4 is 21.1 Å². The highest BCUT2D eigenvalue weighted by molar-refractivity contribution is 6.32. The summed E-state index contributed by atoms with van der Waals surface area (Å²) >= 11 is 0. The first-order valence-electron chi connectivity index (χ1n) is 3.32. The van der Waals surface area contributed by atoms with Crippen molar-refractivity contribution in [1.82, 2.24) is 0 Å². The third kappa shape index (κ3) is 0.954. The lowest BCUT2D eigenvalue weighted by Gasteiger charge is -2.07. The van der Waals surface area contributed by atoms with Gasteiger partial charge in [0.1, 0.15) is 13.6 Å². The fourth-order valence-corrected chi connectivity index (χ4v) is 1.09. The molecule has 0 bridgehead atoms. The molecule has 0 unspecified atom stereocenters. The molecule has 0 aliphatic carbocycles. The lowest BCUT2D eigenvalue weighted by atomic mass is 9.96. The summed E-state index contributed by atoms with van der Waals surface area (Å²) in [6, 6.07) is 5.40. The van der Waals surface area contributed by atoms with Crippen molar-refractivity contribution < 1.29 is 4.74 Å². The van der Waals surface area contributed by atoms with E-state index < -0.39 is 0 Å². The van der Waals surface area contributed by atoms with Crippen LogP contribution in [0.3, 0.4) is 0 Å². The maximum Gasteiger partial charge on any atom is 0.175 e. The number of fused-ring (bicyclic) bond motifs is 1. The summed E-state index contributed by atoms with van der Waals surface area (Å²) in [6.07, 6.45) is 0. The second-order valence-electron chi connectivity index (χ2n) is 2.47. The molecular formula is C7H7BN2O. The first-order chi connectivity index (χ1) is 5.27. The highest BCUT2D eigenvalue weighted by atomic mass is 16.5. The number of hydrazine groups is 1. The highest BCUT2D eigenvalue weighted by Crippen LogP contribution is 2.29. The molecule has 54 valence electrons. The Kier molecular flexibility index (Phi) is 1.29. The summed E-state index contributed by atoms with van der Waals surface area (Å²) in [4.78, 5) is 0. The molecule has 1 heterocycles. The Labute approximate surface area is 66.1 Å². The van der Waals surface area contributed by atoms with Gasteiger partial charge in [0.15, 0.2) is 6.73 Å². The van der Waals surface area contributed by atoms with Gasteiger partial charge in [0.25, 0.3) is 0 Å². The molecular weight excluding hydrogens is 139 g/mol. The van der Waals surface area contributed by atoms with Crippen LogP contribution in [0.5, 0.6) is 5.75 Å². The van der Waals surface area contributed by atoms with Crippen molar-refractivity contribution in [1.29, 1.82) is 0 Å². The van der Waals surface area contributed by atoms with E-state index in [4.69, 9.17) is 18.4 Å². The normalized spacial score (nSPS) is 14.5. The smallest absolute Gasteiger partial charge is 0.175 e. The van der Waals surface area contributed by atoms with Crippen molar-refractivity contribution in [3.63, 3.8) is 0 Å². The number of rotatable bonds is 0. The van der Waals surface area contributed by atoms with E-state index in [-0.39, 0.29) is 0 Å². The summed E-state index contributed by atoms with van der Waals surface area (Å²) in [6.45, 7) is 0.402. The average Bonchev–Trinajstić information content (AvgIpc) is 2.33. The van der Waals surface area contributed by atoms with E-state index in [9.17, 15) is 0 Å². The third-order valence-corrected chi connectivity index (χ3v) is 1.65. The van der Waals surface area contributed by atoms with Gasteiger partial charge in [-0.2, -0.15) is 0 Å². The van der Waals surface area contributed by atoms with Crippen molar-refractivity contribution in [3.05, 3.63) is 18.2 Å². The molecule has 0 atom stereocenters. The van der Waals surface area contributed by atoms with Crippen LogP contribution >= 0.6 is 0 Å². The van der Waals surface area contributed by atoms with E-state index in [1.807, 2.05) is 6.07 Å². The van der Waals surface area contributed by atoms with Gasteiger partial charge in [0.05, 0.1) is 5.69 Å². The first kappa shape index (κ1) is 6.55. The Morgan fingerprint density at radius 3 is 3.18 bits per heavy atom. The minimum absolute atomic E-state index is 0.402. The molecule has 1 aromatic rings. The molecule has 1 aliphatic rings. The molecule has 4 heteroatoms. The van der Waals surface area contributed by atoms with Crippen molar-refractivity contribution in [3.8, 4) is 5.75 Å². The third-order valence-electron chi connectivity index (χ3n) is 1.65. The summed E-state index contributed by atoms with van der Waals surface area (Å²) in [7, 11) is 5.56. The van der Waals surface area contributed by atoms with E-state index in [2.05, 4.69) is 0 Å². The van der Waals surface area contributed by atoms with Crippen LogP contribution in [0, 0.1) is 0 Å². The second kappa shape index (κ2) is 2.17. The predicted octanol–water partition coefficient (Wildman–Crippen LogP) is -0.490. The minimum atomic E-state index is 0.402. The Hall–Kier alpha value is -1.16. The van der Waals surface area contributed by atoms with Gasteiger partial charge in [-0.15, -0.1) is 0 Å². The van der Waals surface area contributed by atoms with E-state index in [1.54, 1.807) is 12.1 Å². The van der Waals surface area contributed by atoms with Gasteiger partial charge in [-0.25, -0.2) is 5.84 Å². The van der Waals surface area contributed by atoms with E-state index in [1.165, 1.54) is 5.01 Å². The quantitative estimate of drug-likeness (QED) is 0.396. The summed E-state index contributed by atoms with van der Waals surface area (Å²) in [5.74, 6) is 6.36. The molecule has 1 aliphatic heterocycles. The van der Waals surface area contributed by atoms with Crippen molar-refractivity contribution >= 4 is 19.0 Å². The molecule has 0 amide bonds. The minimum Gasteiger partial charge on any atom is -0.470 e. The van der Waals surface area contributed by atoms with Crippen LogP contribution in [0.15, 0.2) is 18.2 Å². The number of hydrogen-bond acceptors (Lipinski definition) is 3. The van der Waals surface area contributed by atoms with Crippen molar-refractivity contribution in [2.75, 3.05) is 11.7 Å². The van der Waals surface area contributed by atoms with Crippen LogP contribution in [-0.2, 0) is 0 Å². The zero-order valence-corrected chi connectivity index (χ0v) is 5.95. The van der Waals surface area contributed by atoms with Gasteiger partial charge in [-0.1, -0.05) is 11.5 Å². The summed E-state index contributed by atoms with van der Waals surface area (Å²) in [5, 5.41) is 1.52. The first-order valence-corrected chi connectivity index (χ1v) is 3.32. The Balaban J connectivity index is 2.52. The van der Waals surface area contributed by atoms with Gasteiger partial charge in [-0.05, 0) is 12.1 Å². The van der Waals surface area contributed by atoms with Gasteiger partial charge < -0.3 is 4.74 Å². The number of benzene rings is 1. The standard InChI is InChI=1S/C7H7BN2O/c8-5-1-2-7-6(3-5)10(9)4-11-7/h1-3H,4,9H2. The largest absolute Gasteiger partial charge is 0.470 e. The molecule has 2 rings (SSSR count). The molecule has 0 aromatic heterocycles. The number of ether oxygens (including phenoxy) is 1. The zero-order chi connectivity index (χ0) is 7.84. The van der Waals surface area contributed by atoms with Gasteiger partial charge >= 0.3 is 0 Å². The van der Waals surface area contributed by atoms with E-state index in [0.717, 1.165) is 11.4 Å². The maximum atomic E-state index is 5.57. The van der Waals surface area contributed by atoms with Crippen LogP contribution in [0.4, 0.5) is 5.69 Å². The number of nitrogens with zero attached hydrogens (tertiary/aromatic N) is 1. The van der Waals surface area contributed by atoms with Crippen LogP contribution in [0.2, 0.25) is 0 Å². The van der Waals surface area contributed by atoms with Gasteiger partial charge in [-0.3, -0.25) is 5.01 Å². The van der Waals surface area contributed by atoms with Crippen molar-refractivity contribution in [2.45, 2.75) is 0 Å². The number of nitrogens with two attached hydrogens (primary N) is 1. The highest BCUT2D eigenvalue weighted by Gasteiger charge is 2.16. The fourth-order valence-electron chi connectivity index (χ4n) is 1.09. The molecule has 2 N–H and O–H groups in total. The number of anilines is 1. The zero-order valence-electron chi connectivity index (χ0n) is 5.95. The molecule has 0 fully saturated rings. The lowest BCUT2D eigenvalue weighted by Crippen LogP contribution is -2.29. The van der Waals surface area contributed by atoms with Crippen LogP contribution in [0.1, 0.15) is 0 Å². The molecule has 0 saturated carbocycles. The molecule has 11 heavy (non-hydrogen) atoms. The Morgan fingerprint density at radius 2 is 2.36 bits per heavy atom. The molecule has 3 nitrogen and oxygen atoms in total. The van der Waals surface area contributed by atoms with E-state index in [0.29, 0.717) is 12.2 Å². The second-order valence-corrected chi connectivity index (χ2v) is 2.47. The van der Waals surface area contributed by atoms with Gasteiger partial charge in [0, 0.05) is 0 Å².